The minimum absolute atomic E-state index is 0.727. The van der Waals surface area contributed by atoms with Gasteiger partial charge < -0.3 is 4.74 Å². The van der Waals surface area contributed by atoms with Gasteiger partial charge in [-0.25, -0.2) is 0 Å². The van der Waals surface area contributed by atoms with E-state index in [1.54, 1.807) is 19.5 Å². The normalized spacial score (nSPS) is 19.3. The third-order valence-corrected chi connectivity index (χ3v) is 4.09. The third kappa shape index (κ3) is 2.09. The fourth-order valence-electron chi connectivity index (χ4n) is 2.92. The maximum atomic E-state index is 5.24. The van der Waals surface area contributed by atoms with E-state index in [1.807, 2.05) is 54.6 Å². The summed E-state index contributed by atoms with van der Waals surface area (Å²) in [5.74, 6) is 0.801. The summed E-state index contributed by atoms with van der Waals surface area (Å²) in [5, 5.41) is 13.4. The fourth-order valence-corrected chi connectivity index (χ4v) is 2.92. The van der Waals surface area contributed by atoms with Crippen LogP contribution in [0, 0.1) is 0 Å². The molecule has 0 saturated carbocycles. The number of hydrogen-bond donors (Lipinski definition) is 0. The van der Waals surface area contributed by atoms with Crippen molar-refractivity contribution in [2.75, 3.05) is 7.11 Å². The van der Waals surface area contributed by atoms with Crippen molar-refractivity contribution in [1.82, 2.24) is 4.98 Å². The number of pyridine rings is 1. The molecule has 0 saturated heterocycles. The highest BCUT2D eigenvalue weighted by molar-refractivity contribution is 5.91. The van der Waals surface area contributed by atoms with Crippen molar-refractivity contribution in [3.63, 3.8) is 0 Å². The minimum atomic E-state index is -0.727. The number of methoxy groups -OCH3 is 1. The highest BCUT2D eigenvalue weighted by Crippen LogP contribution is 2.39. The van der Waals surface area contributed by atoms with Gasteiger partial charge in [0.25, 0.3) is 0 Å². The molecular weight excluding hydrogens is 288 g/mol. The summed E-state index contributed by atoms with van der Waals surface area (Å²) >= 11 is 0. The largest absolute Gasteiger partial charge is 0.497 e. The number of fused-ring (bicyclic) bond motifs is 1. The summed E-state index contributed by atoms with van der Waals surface area (Å²) in [6.07, 6.45) is 3.56. The van der Waals surface area contributed by atoms with E-state index in [2.05, 4.69) is 20.4 Å². The minimum Gasteiger partial charge on any atom is -0.497 e. The predicted molar refractivity (Wildman–Crippen MR) is 88.9 cm³/mol. The molecule has 0 N–H and O–H groups in total. The zero-order chi connectivity index (χ0) is 15.7. The van der Waals surface area contributed by atoms with Crippen molar-refractivity contribution in [3.05, 3.63) is 71.9 Å². The Kier molecular flexibility index (Phi) is 3.12. The molecule has 112 valence electrons. The standard InChI is InChI=1S/C18H14N4O/c1-23-14-9-7-13(8-10-14)18(12-20-22-21-18)16-5-2-6-17-15(16)4-3-11-19-17/h2-12H,1H3. The Morgan fingerprint density at radius 2 is 1.83 bits per heavy atom. The van der Waals surface area contributed by atoms with Gasteiger partial charge in [0.05, 0.1) is 18.8 Å². The molecule has 1 unspecified atom stereocenters. The Morgan fingerprint density at radius 3 is 2.57 bits per heavy atom. The molecule has 1 atom stereocenters. The lowest BCUT2D eigenvalue weighted by Crippen LogP contribution is -2.25. The zero-order valence-electron chi connectivity index (χ0n) is 12.5. The van der Waals surface area contributed by atoms with Crippen molar-refractivity contribution in [2.24, 2.45) is 15.4 Å². The molecule has 2 heterocycles. The number of benzene rings is 2. The highest BCUT2D eigenvalue weighted by Gasteiger charge is 2.37. The lowest BCUT2D eigenvalue weighted by atomic mass is 9.82. The number of hydrogen-bond acceptors (Lipinski definition) is 5. The summed E-state index contributed by atoms with van der Waals surface area (Å²) in [6, 6.07) is 17.8. The van der Waals surface area contributed by atoms with E-state index in [-0.39, 0.29) is 0 Å². The number of rotatable bonds is 3. The third-order valence-electron chi connectivity index (χ3n) is 4.09. The van der Waals surface area contributed by atoms with Gasteiger partial charge in [0.1, 0.15) is 5.75 Å². The van der Waals surface area contributed by atoms with Gasteiger partial charge >= 0.3 is 0 Å². The summed E-state index contributed by atoms with van der Waals surface area (Å²) in [7, 11) is 1.65. The first-order chi connectivity index (χ1) is 11.3. The van der Waals surface area contributed by atoms with Crippen LogP contribution < -0.4 is 4.74 Å². The molecule has 5 nitrogen and oxygen atoms in total. The van der Waals surface area contributed by atoms with Crippen LogP contribution in [0.2, 0.25) is 0 Å². The molecule has 0 bridgehead atoms. The van der Waals surface area contributed by atoms with Crippen LogP contribution in [0.5, 0.6) is 5.75 Å². The maximum Gasteiger partial charge on any atom is 0.171 e. The van der Waals surface area contributed by atoms with Gasteiger partial charge in [0.2, 0.25) is 0 Å². The molecule has 2 aromatic carbocycles. The molecule has 3 aromatic rings. The summed E-state index contributed by atoms with van der Waals surface area (Å²) in [4.78, 5) is 4.43. The Hall–Kier alpha value is -3.08. The van der Waals surface area contributed by atoms with Crippen molar-refractivity contribution in [1.29, 1.82) is 0 Å². The lowest BCUT2D eigenvalue weighted by molar-refractivity contribution is 0.414. The lowest BCUT2D eigenvalue weighted by Gasteiger charge is -2.24. The average molecular weight is 302 g/mol. The average Bonchev–Trinajstić information content (AvgIpc) is 3.12. The molecule has 1 aliphatic rings. The fraction of sp³-hybridized carbons (Fsp3) is 0.111. The highest BCUT2D eigenvalue weighted by atomic mass is 16.5. The van der Waals surface area contributed by atoms with Gasteiger partial charge in [0, 0.05) is 17.1 Å². The number of aromatic nitrogens is 1. The van der Waals surface area contributed by atoms with E-state index in [0.29, 0.717) is 0 Å². The summed E-state index contributed by atoms with van der Waals surface area (Å²) < 4.78 is 5.24. The van der Waals surface area contributed by atoms with Gasteiger partial charge in [-0.2, -0.15) is 0 Å². The predicted octanol–water partition coefficient (Wildman–Crippen LogP) is 3.94. The first kappa shape index (κ1) is 13.6. The first-order valence-corrected chi connectivity index (χ1v) is 7.29. The molecule has 4 rings (SSSR count). The van der Waals surface area contributed by atoms with E-state index < -0.39 is 5.54 Å². The second-order valence-corrected chi connectivity index (χ2v) is 5.30. The van der Waals surface area contributed by atoms with Gasteiger partial charge in [-0.15, -0.1) is 10.2 Å². The maximum absolute atomic E-state index is 5.24. The molecule has 0 radical (unpaired) electrons. The Morgan fingerprint density at radius 1 is 0.957 bits per heavy atom. The van der Waals surface area contributed by atoms with Gasteiger partial charge in [-0.05, 0) is 35.1 Å². The second-order valence-electron chi connectivity index (χ2n) is 5.30. The van der Waals surface area contributed by atoms with E-state index in [4.69, 9.17) is 4.74 Å². The van der Waals surface area contributed by atoms with Gasteiger partial charge in [-0.1, -0.05) is 30.3 Å². The summed E-state index contributed by atoms with van der Waals surface area (Å²) in [6.45, 7) is 0. The SMILES string of the molecule is COc1ccc(C2(c3cccc4ncccc34)C=NN=N2)cc1. The van der Waals surface area contributed by atoms with Crippen LogP contribution in [-0.4, -0.2) is 18.3 Å². The smallest absolute Gasteiger partial charge is 0.171 e. The van der Waals surface area contributed by atoms with Crippen molar-refractivity contribution < 1.29 is 4.74 Å². The molecule has 23 heavy (non-hydrogen) atoms. The molecule has 0 fully saturated rings. The van der Waals surface area contributed by atoms with Crippen molar-refractivity contribution in [3.8, 4) is 5.75 Å². The van der Waals surface area contributed by atoms with Crippen molar-refractivity contribution >= 4 is 17.1 Å². The zero-order valence-corrected chi connectivity index (χ0v) is 12.5. The van der Waals surface area contributed by atoms with Gasteiger partial charge in [0.15, 0.2) is 5.54 Å². The Labute approximate surface area is 133 Å². The molecular formula is C18H14N4O. The molecule has 0 aliphatic carbocycles. The Balaban J connectivity index is 1.97. The van der Waals surface area contributed by atoms with Gasteiger partial charge in [-0.3, -0.25) is 4.98 Å². The summed E-state index contributed by atoms with van der Waals surface area (Å²) in [5.41, 5.74) is 2.20. The van der Waals surface area contributed by atoms with Crippen molar-refractivity contribution in [2.45, 2.75) is 5.54 Å². The van der Waals surface area contributed by atoms with E-state index >= 15 is 0 Å². The second kappa shape index (κ2) is 5.28. The van der Waals surface area contributed by atoms with Crippen LogP contribution in [0.25, 0.3) is 10.9 Å². The van der Waals surface area contributed by atoms with E-state index in [1.165, 1.54) is 0 Å². The van der Waals surface area contributed by atoms with Crippen LogP contribution in [0.1, 0.15) is 11.1 Å². The quantitative estimate of drug-likeness (QED) is 0.735. The van der Waals surface area contributed by atoms with Crippen LogP contribution >= 0.6 is 0 Å². The van der Waals surface area contributed by atoms with Crippen LogP contribution in [0.3, 0.4) is 0 Å². The number of nitrogens with zero attached hydrogens (tertiary/aromatic N) is 4. The molecule has 1 aliphatic heterocycles. The topological polar surface area (TPSA) is 59.2 Å². The molecule has 0 amide bonds. The number of ether oxygens (including phenoxy) is 1. The first-order valence-electron chi connectivity index (χ1n) is 7.29. The van der Waals surface area contributed by atoms with Crippen LogP contribution in [-0.2, 0) is 5.54 Å². The van der Waals surface area contributed by atoms with E-state index in [0.717, 1.165) is 27.8 Å². The monoisotopic (exact) mass is 302 g/mol. The molecule has 5 heteroatoms. The van der Waals surface area contributed by atoms with Crippen LogP contribution in [0.4, 0.5) is 0 Å². The Bertz CT molecular complexity index is 898. The molecule has 1 aromatic heterocycles. The molecule has 0 spiro atoms. The van der Waals surface area contributed by atoms with Crippen LogP contribution in [0.15, 0.2) is 76.2 Å². The van der Waals surface area contributed by atoms with E-state index in [9.17, 15) is 0 Å².